The lowest BCUT2D eigenvalue weighted by Gasteiger charge is -2.09. The third-order valence-electron chi connectivity index (χ3n) is 3.60. The van der Waals surface area contributed by atoms with Crippen molar-refractivity contribution in [3.63, 3.8) is 0 Å². The van der Waals surface area contributed by atoms with Crippen LogP contribution in [0.25, 0.3) is 0 Å². The zero-order valence-corrected chi connectivity index (χ0v) is 13.9. The van der Waals surface area contributed by atoms with Crippen LogP contribution in [0.3, 0.4) is 0 Å². The van der Waals surface area contributed by atoms with Gasteiger partial charge < -0.3 is 5.32 Å². The van der Waals surface area contributed by atoms with Crippen LogP contribution in [0.2, 0.25) is 0 Å². The van der Waals surface area contributed by atoms with Crippen molar-refractivity contribution in [1.29, 1.82) is 0 Å². The van der Waals surface area contributed by atoms with Gasteiger partial charge in [0.1, 0.15) is 5.56 Å². The quantitative estimate of drug-likeness (QED) is 0.250. The van der Waals surface area contributed by atoms with Crippen LogP contribution in [-0.4, -0.2) is 5.91 Å². The standard InChI is InChI=1S/C19H10F5N3O/c20-14-13(15(21)17(23)18(24)16(14)22)19(28)25-10-6-8-12(9-7-10)27-26-11-4-2-1-3-5-11/h1-9H,(H,25,28). The van der Waals surface area contributed by atoms with Crippen molar-refractivity contribution in [3.8, 4) is 0 Å². The second kappa shape index (κ2) is 7.95. The summed E-state index contributed by atoms with van der Waals surface area (Å²) in [5.74, 6) is -12.6. The highest BCUT2D eigenvalue weighted by atomic mass is 19.2. The fourth-order valence-electron chi connectivity index (χ4n) is 2.22. The maximum atomic E-state index is 13.7. The smallest absolute Gasteiger partial charge is 0.261 e. The lowest BCUT2D eigenvalue weighted by atomic mass is 10.1. The number of hydrogen-bond donors (Lipinski definition) is 1. The molecule has 4 nitrogen and oxygen atoms in total. The SMILES string of the molecule is O=C(Nc1ccc(N=Nc2ccccc2)cc1)c1c(F)c(F)c(F)c(F)c1F. The van der Waals surface area contributed by atoms with Crippen LogP contribution in [-0.2, 0) is 0 Å². The molecule has 0 bridgehead atoms. The Kier molecular flexibility index (Phi) is 5.44. The summed E-state index contributed by atoms with van der Waals surface area (Å²) < 4.78 is 66.8. The molecular formula is C19H10F5N3O. The van der Waals surface area contributed by atoms with Crippen LogP contribution < -0.4 is 5.32 Å². The second-order valence-corrected chi connectivity index (χ2v) is 5.48. The molecule has 0 heterocycles. The molecular weight excluding hydrogens is 381 g/mol. The number of nitrogens with zero attached hydrogens (tertiary/aromatic N) is 2. The maximum absolute atomic E-state index is 13.7. The first kappa shape index (κ1) is 19.2. The molecule has 0 aliphatic carbocycles. The number of amides is 1. The van der Waals surface area contributed by atoms with E-state index in [4.69, 9.17) is 0 Å². The zero-order chi connectivity index (χ0) is 20.3. The highest BCUT2D eigenvalue weighted by molar-refractivity contribution is 6.04. The molecule has 0 radical (unpaired) electrons. The van der Waals surface area contributed by atoms with E-state index in [-0.39, 0.29) is 5.69 Å². The average molecular weight is 391 g/mol. The Morgan fingerprint density at radius 1 is 0.643 bits per heavy atom. The third kappa shape index (κ3) is 3.88. The van der Waals surface area contributed by atoms with Gasteiger partial charge >= 0.3 is 0 Å². The maximum Gasteiger partial charge on any atom is 0.261 e. The Balaban J connectivity index is 1.78. The van der Waals surface area contributed by atoms with Gasteiger partial charge in [-0.1, -0.05) is 18.2 Å². The van der Waals surface area contributed by atoms with E-state index < -0.39 is 40.6 Å². The van der Waals surface area contributed by atoms with Gasteiger partial charge in [-0.3, -0.25) is 4.79 Å². The van der Waals surface area contributed by atoms with E-state index in [1.807, 2.05) is 6.07 Å². The lowest BCUT2D eigenvalue weighted by Crippen LogP contribution is -2.19. The summed E-state index contributed by atoms with van der Waals surface area (Å²) in [6.45, 7) is 0. The first-order valence-electron chi connectivity index (χ1n) is 7.78. The number of halogens is 5. The molecule has 0 aromatic heterocycles. The molecule has 0 saturated heterocycles. The minimum absolute atomic E-state index is 0.0626. The summed E-state index contributed by atoms with van der Waals surface area (Å²) >= 11 is 0. The Labute approximate surface area is 155 Å². The lowest BCUT2D eigenvalue weighted by molar-refractivity contribution is 0.101. The third-order valence-corrected chi connectivity index (χ3v) is 3.60. The summed E-state index contributed by atoms with van der Waals surface area (Å²) in [5, 5.41) is 10.0. The molecule has 142 valence electrons. The molecule has 0 aliphatic rings. The highest BCUT2D eigenvalue weighted by Crippen LogP contribution is 2.25. The summed E-state index contributed by atoms with van der Waals surface area (Å²) in [7, 11) is 0. The van der Waals surface area contributed by atoms with Crippen molar-refractivity contribution in [1.82, 2.24) is 0 Å². The van der Waals surface area contributed by atoms with Gasteiger partial charge in [0, 0.05) is 5.69 Å². The second-order valence-electron chi connectivity index (χ2n) is 5.48. The minimum atomic E-state index is -2.33. The van der Waals surface area contributed by atoms with E-state index in [0.29, 0.717) is 11.4 Å². The number of hydrogen-bond acceptors (Lipinski definition) is 3. The van der Waals surface area contributed by atoms with Crippen LogP contribution in [0, 0.1) is 29.1 Å². The van der Waals surface area contributed by atoms with Crippen LogP contribution in [0.5, 0.6) is 0 Å². The largest absolute Gasteiger partial charge is 0.322 e. The van der Waals surface area contributed by atoms with Crippen LogP contribution in [0.15, 0.2) is 64.8 Å². The number of azo groups is 1. The van der Waals surface area contributed by atoms with E-state index in [1.54, 1.807) is 24.3 Å². The number of nitrogens with one attached hydrogen (secondary N) is 1. The molecule has 1 amide bonds. The van der Waals surface area contributed by atoms with E-state index >= 15 is 0 Å². The molecule has 0 fully saturated rings. The van der Waals surface area contributed by atoms with Gasteiger partial charge in [0.2, 0.25) is 5.82 Å². The fraction of sp³-hybridized carbons (Fsp3) is 0. The number of anilines is 1. The van der Waals surface area contributed by atoms with Crippen molar-refractivity contribution in [2.24, 2.45) is 10.2 Å². The van der Waals surface area contributed by atoms with Crippen molar-refractivity contribution in [3.05, 3.63) is 89.2 Å². The number of carbonyl (C=O) groups is 1. The molecule has 0 aliphatic heterocycles. The molecule has 3 rings (SSSR count). The van der Waals surface area contributed by atoms with E-state index in [9.17, 15) is 26.7 Å². The topological polar surface area (TPSA) is 53.8 Å². The summed E-state index contributed by atoms with van der Waals surface area (Å²) in [4.78, 5) is 12.0. The van der Waals surface area contributed by atoms with Crippen LogP contribution >= 0.6 is 0 Å². The molecule has 0 unspecified atom stereocenters. The summed E-state index contributed by atoms with van der Waals surface area (Å²) in [6, 6.07) is 14.4. The molecule has 0 saturated carbocycles. The normalized spacial score (nSPS) is 11.0. The first-order valence-corrected chi connectivity index (χ1v) is 7.78. The monoisotopic (exact) mass is 391 g/mol. The van der Waals surface area contributed by atoms with Gasteiger partial charge in [-0.2, -0.15) is 10.2 Å². The minimum Gasteiger partial charge on any atom is -0.322 e. The molecule has 28 heavy (non-hydrogen) atoms. The predicted octanol–water partition coefficient (Wildman–Crippen LogP) is 6.05. The predicted molar refractivity (Wildman–Crippen MR) is 91.2 cm³/mol. The Bertz CT molecular complexity index is 1020. The molecule has 1 N–H and O–H groups in total. The van der Waals surface area contributed by atoms with E-state index in [1.165, 1.54) is 24.3 Å². The van der Waals surface area contributed by atoms with Crippen molar-refractivity contribution in [2.75, 3.05) is 5.32 Å². The van der Waals surface area contributed by atoms with Crippen LogP contribution in [0.4, 0.5) is 39.0 Å². The van der Waals surface area contributed by atoms with Gasteiger partial charge in [-0.15, -0.1) is 0 Å². The summed E-state index contributed by atoms with van der Waals surface area (Å²) in [5.41, 5.74) is -0.471. The van der Waals surface area contributed by atoms with Crippen molar-refractivity contribution < 1.29 is 26.7 Å². The Morgan fingerprint density at radius 3 is 1.64 bits per heavy atom. The van der Waals surface area contributed by atoms with Crippen molar-refractivity contribution >= 4 is 23.0 Å². The number of carbonyl (C=O) groups excluding carboxylic acids is 1. The zero-order valence-electron chi connectivity index (χ0n) is 13.9. The van der Waals surface area contributed by atoms with Crippen molar-refractivity contribution in [2.45, 2.75) is 0 Å². The molecule has 3 aromatic carbocycles. The molecule has 3 aromatic rings. The highest BCUT2D eigenvalue weighted by Gasteiger charge is 2.29. The number of benzene rings is 3. The van der Waals surface area contributed by atoms with Gasteiger partial charge in [0.05, 0.1) is 11.4 Å². The van der Waals surface area contributed by atoms with Crippen LogP contribution in [0.1, 0.15) is 10.4 Å². The molecule has 0 spiro atoms. The Hall–Kier alpha value is -3.62. The van der Waals surface area contributed by atoms with Gasteiger partial charge in [-0.25, -0.2) is 22.0 Å². The summed E-state index contributed by atoms with van der Waals surface area (Å²) in [6.07, 6.45) is 0. The average Bonchev–Trinajstić information content (AvgIpc) is 2.71. The molecule has 9 heteroatoms. The van der Waals surface area contributed by atoms with Gasteiger partial charge in [0.15, 0.2) is 23.3 Å². The Morgan fingerprint density at radius 2 is 1.11 bits per heavy atom. The fourth-order valence-corrected chi connectivity index (χ4v) is 2.22. The van der Waals surface area contributed by atoms with E-state index in [2.05, 4.69) is 15.5 Å². The first-order chi connectivity index (χ1) is 13.4. The van der Waals surface area contributed by atoms with E-state index in [0.717, 1.165) is 0 Å². The van der Waals surface area contributed by atoms with Gasteiger partial charge in [0.25, 0.3) is 5.91 Å². The molecule has 0 atom stereocenters. The number of rotatable bonds is 4. The van der Waals surface area contributed by atoms with Gasteiger partial charge in [-0.05, 0) is 36.4 Å².